The zero-order valence-corrected chi connectivity index (χ0v) is 12.5. The normalized spacial score (nSPS) is 22.4. The fourth-order valence-electron chi connectivity index (χ4n) is 3.42. The van der Waals surface area contributed by atoms with Gasteiger partial charge < -0.3 is 5.32 Å². The molecule has 0 amide bonds. The lowest BCUT2D eigenvalue weighted by atomic mass is 9.70. The zero-order valence-electron chi connectivity index (χ0n) is 12.5. The number of hydrogen-bond donors (Lipinski definition) is 1. The lowest BCUT2D eigenvalue weighted by Gasteiger charge is -2.38. The molecule has 0 saturated heterocycles. The Kier molecular flexibility index (Phi) is 6.54. The van der Waals surface area contributed by atoms with E-state index in [1.54, 1.807) is 0 Å². The highest BCUT2D eigenvalue weighted by atomic mass is 14.9. The van der Waals surface area contributed by atoms with Crippen LogP contribution in [-0.2, 0) is 0 Å². The van der Waals surface area contributed by atoms with Crippen molar-refractivity contribution < 1.29 is 0 Å². The van der Waals surface area contributed by atoms with Gasteiger partial charge in [-0.05, 0) is 30.6 Å². The number of nitrogens with one attached hydrogen (secondary N) is 1. The molecule has 17 heavy (non-hydrogen) atoms. The first-order valence-electron chi connectivity index (χ1n) is 7.82. The SMILES string of the molecule is CCCC(C)(CNC(C)C)C1CCCCCC1. The van der Waals surface area contributed by atoms with Crippen LogP contribution < -0.4 is 5.32 Å². The summed E-state index contributed by atoms with van der Waals surface area (Å²) in [4.78, 5) is 0. The van der Waals surface area contributed by atoms with Crippen molar-refractivity contribution in [2.75, 3.05) is 6.54 Å². The van der Waals surface area contributed by atoms with E-state index in [4.69, 9.17) is 0 Å². The average molecular weight is 239 g/mol. The minimum Gasteiger partial charge on any atom is -0.314 e. The largest absolute Gasteiger partial charge is 0.314 e. The fourth-order valence-corrected chi connectivity index (χ4v) is 3.42. The van der Waals surface area contributed by atoms with Crippen LogP contribution in [0.4, 0.5) is 0 Å². The predicted octanol–water partition coefficient (Wildman–Crippen LogP) is 4.76. The van der Waals surface area contributed by atoms with Gasteiger partial charge >= 0.3 is 0 Å². The molecule has 1 fully saturated rings. The lowest BCUT2D eigenvalue weighted by molar-refractivity contribution is 0.140. The van der Waals surface area contributed by atoms with Crippen LogP contribution in [0.3, 0.4) is 0 Å². The van der Waals surface area contributed by atoms with E-state index in [1.165, 1.54) is 57.9 Å². The second-order valence-corrected chi connectivity index (χ2v) is 6.63. The van der Waals surface area contributed by atoms with Crippen LogP contribution in [0.15, 0.2) is 0 Å². The Hall–Kier alpha value is -0.0400. The summed E-state index contributed by atoms with van der Waals surface area (Å²) in [6, 6.07) is 0.622. The zero-order chi connectivity index (χ0) is 12.7. The third-order valence-electron chi connectivity index (χ3n) is 4.58. The monoisotopic (exact) mass is 239 g/mol. The van der Waals surface area contributed by atoms with Crippen LogP contribution in [-0.4, -0.2) is 12.6 Å². The molecular weight excluding hydrogens is 206 g/mol. The molecule has 1 rings (SSSR count). The van der Waals surface area contributed by atoms with Crippen molar-refractivity contribution in [3.05, 3.63) is 0 Å². The predicted molar refractivity (Wildman–Crippen MR) is 77.3 cm³/mol. The Morgan fingerprint density at radius 1 is 1.12 bits per heavy atom. The molecule has 0 aromatic heterocycles. The first kappa shape index (κ1) is 15.0. The van der Waals surface area contributed by atoms with Crippen LogP contribution in [0.2, 0.25) is 0 Å². The fraction of sp³-hybridized carbons (Fsp3) is 1.00. The molecule has 1 saturated carbocycles. The van der Waals surface area contributed by atoms with Gasteiger partial charge in [0.1, 0.15) is 0 Å². The molecule has 0 aromatic carbocycles. The van der Waals surface area contributed by atoms with Crippen LogP contribution in [0.5, 0.6) is 0 Å². The van der Waals surface area contributed by atoms with Crippen LogP contribution in [0, 0.1) is 11.3 Å². The first-order valence-corrected chi connectivity index (χ1v) is 7.82. The van der Waals surface area contributed by atoms with Crippen molar-refractivity contribution in [3.8, 4) is 0 Å². The lowest BCUT2D eigenvalue weighted by Crippen LogP contribution is -2.40. The van der Waals surface area contributed by atoms with Crippen molar-refractivity contribution in [3.63, 3.8) is 0 Å². The van der Waals surface area contributed by atoms with E-state index < -0.39 is 0 Å². The van der Waals surface area contributed by atoms with E-state index in [1.807, 2.05) is 0 Å². The summed E-state index contributed by atoms with van der Waals surface area (Å²) < 4.78 is 0. The summed E-state index contributed by atoms with van der Waals surface area (Å²) in [5, 5.41) is 3.69. The van der Waals surface area contributed by atoms with Gasteiger partial charge in [-0.1, -0.05) is 59.8 Å². The summed E-state index contributed by atoms with van der Waals surface area (Å²) in [6.07, 6.45) is 11.5. The van der Waals surface area contributed by atoms with Crippen molar-refractivity contribution in [1.82, 2.24) is 5.32 Å². The summed E-state index contributed by atoms with van der Waals surface area (Å²) in [6.45, 7) is 10.6. The highest BCUT2D eigenvalue weighted by Crippen LogP contribution is 2.40. The Morgan fingerprint density at radius 3 is 2.18 bits per heavy atom. The molecule has 0 heterocycles. The molecule has 0 aromatic rings. The van der Waals surface area contributed by atoms with Gasteiger partial charge in [0.05, 0.1) is 0 Å². The van der Waals surface area contributed by atoms with Crippen molar-refractivity contribution in [2.45, 2.75) is 85.1 Å². The number of rotatable bonds is 6. The van der Waals surface area contributed by atoms with E-state index >= 15 is 0 Å². The van der Waals surface area contributed by atoms with E-state index in [-0.39, 0.29) is 0 Å². The number of hydrogen-bond acceptors (Lipinski definition) is 1. The van der Waals surface area contributed by atoms with Gasteiger partial charge in [0, 0.05) is 12.6 Å². The molecule has 1 aliphatic rings. The van der Waals surface area contributed by atoms with Gasteiger partial charge in [-0.2, -0.15) is 0 Å². The first-order chi connectivity index (χ1) is 8.08. The maximum Gasteiger partial charge on any atom is 0.00106 e. The molecule has 102 valence electrons. The molecule has 0 radical (unpaired) electrons. The van der Waals surface area contributed by atoms with E-state index in [0.717, 1.165) is 5.92 Å². The Balaban J connectivity index is 2.59. The molecular formula is C16H33N. The van der Waals surface area contributed by atoms with Crippen LogP contribution >= 0.6 is 0 Å². The van der Waals surface area contributed by atoms with Crippen molar-refractivity contribution in [2.24, 2.45) is 11.3 Å². The molecule has 0 bridgehead atoms. The minimum absolute atomic E-state index is 0.531. The smallest absolute Gasteiger partial charge is 0.00106 e. The molecule has 1 N–H and O–H groups in total. The second kappa shape index (κ2) is 7.41. The summed E-state index contributed by atoms with van der Waals surface area (Å²) >= 11 is 0. The Labute approximate surface area is 109 Å². The maximum atomic E-state index is 3.69. The Bertz CT molecular complexity index is 192. The average Bonchev–Trinajstić information content (AvgIpc) is 2.55. The van der Waals surface area contributed by atoms with Crippen molar-refractivity contribution >= 4 is 0 Å². The highest BCUT2D eigenvalue weighted by Gasteiger charge is 2.33. The van der Waals surface area contributed by atoms with Gasteiger partial charge in [0.15, 0.2) is 0 Å². The maximum absolute atomic E-state index is 3.69. The van der Waals surface area contributed by atoms with Crippen LogP contribution in [0.1, 0.15) is 79.1 Å². The molecule has 0 aliphatic heterocycles. The third kappa shape index (κ3) is 4.99. The standard InChI is InChI=1S/C16H33N/c1-5-12-16(4,13-17-14(2)3)15-10-8-6-7-9-11-15/h14-15,17H,5-13H2,1-4H3. The van der Waals surface area contributed by atoms with Gasteiger partial charge in [0.25, 0.3) is 0 Å². The van der Waals surface area contributed by atoms with E-state index in [0.29, 0.717) is 11.5 Å². The molecule has 0 spiro atoms. The van der Waals surface area contributed by atoms with E-state index in [9.17, 15) is 0 Å². The summed E-state index contributed by atoms with van der Waals surface area (Å²) in [7, 11) is 0. The Morgan fingerprint density at radius 2 is 1.71 bits per heavy atom. The van der Waals surface area contributed by atoms with Gasteiger partial charge in [-0.3, -0.25) is 0 Å². The molecule has 1 heteroatoms. The quantitative estimate of drug-likeness (QED) is 0.659. The van der Waals surface area contributed by atoms with Gasteiger partial charge in [-0.15, -0.1) is 0 Å². The van der Waals surface area contributed by atoms with E-state index in [2.05, 4.69) is 33.0 Å². The molecule has 1 nitrogen and oxygen atoms in total. The van der Waals surface area contributed by atoms with Crippen molar-refractivity contribution in [1.29, 1.82) is 0 Å². The van der Waals surface area contributed by atoms with Crippen LogP contribution in [0.25, 0.3) is 0 Å². The summed E-state index contributed by atoms with van der Waals surface area (Å²) in [5.74, 6) is 0.955. The molecule has 1 atom stereocenters. The highest BCUT2D eigenvalue weighted by molar-refractivity contribution is 4.86. The topological polar surface area (TPSA) is 12.0 Å². The van der Waals surface area contributed by atoms with Gasteiger partial charge in [0.2, 0.25) is 0 Å². The molecule has 1 aliphatic carbocycles. The third-order valence-corrected chi connectivity index (χ3v) is 4.58. The minimum atomic E-state index is 0.531. The second-order valence-electron chi connectivity index (χ2n) is 6.63. The van der Waals surface area contributed by atoms with Gasteiger partial charge in [-0.25, -0.2) is 0 Å². The molecule has 1 unspecified atom stereocenters. The summed E-state index contributed by atoms with van der Waals surface area (Å²) in [5.41, 5.74) is 0.531.